The Labute approximate surface area is 212 Å². The van der Waals surface area contributed by atoms with Crippen molar-refractivity contribution in [3.8, 4) is 22.6 Å². The molecule has 1 aromatic heterocycles. The van der Waals surface area contributed by atoms with Gasteiger partial charge < -0.3 is 19.5 Å². The molecule has 36 heavy (non-hydrogen) atoms. The Hall–Kier alpha value is -3.61. The molecular formula is C29H33N3O4. The number of aromatic nitrogens is 2. The first kappa shape index (κ1) is 24.1. The fourth-order valence-corrected chi connectivity index (χ4v) is 5.22. The van der Waals surface area contributed by atoms with Gasteiger partial charge in [0.05, 0.1) is 20.1 Å². The second-order valence-corrected chi connectivity index (χ2v) is 9.87. The lowest BCUT2D eigenvalue weighted by Crippen LogP contribution is -2.35. The van der Waals surface area contributed by atoms with Gasteiger partial charge in [-0.05, 0) is 73.3 Å². The number of hydrogen-bond donors (Lipinski definition) is 1. The van der Waals surface area contributed by atoms with Gasteiger partial charge in [-0.25, -0.2) is 9.97 Å². The number of anilines is 1. The van der Waals surface area contributed by atoms with E-state index in [1.54, 1.807) is 13.4 Å². The van der Waals surface area contributed by atoms with Crippen molar-refractivity contribution in [3.63, 3.8) is 0 Å². The molecule has 0 bridgehead atoms. The maximum Gasteiger partial charge on any atom is 0.303 e. The molecule has 0 amide bonds. The number of nitrogens with zero attached hydrogens (tertiary/aromatic N) is 3. The van der Waals surface area contributed by atoms with Crippen LogP contribution in [0.25, 0.3) is 11.1 Å². The molecule has 1 N–H and O–H groups in total. The summed E-state index contributed by atoms with van der Waals surface area (Å²) in [5.74, 6) is 1.99. The molecule has 2 aromatic carbocycles. The third-order valence-electron chi connectivity index (χ3n) is 7.39. The van der Waals surface area contributed by atoms with Crippen molar-refractivity contribution in [1.29, 1.82) is 0 Å². The molecular weight excluding hydrogens is 454 g/mol. The minimum Gasteiger partial charge on any atom is -0.497 e. The second-order valence-electron chi connectivity index (χ2n) is 9.87. The zero-order chi connectivity index (χ0) is 24.9. The van der Waals surface area contributed by atoms with Gasteiger partial charge >= 0.3 is 5.97 Å². The number of hydrogen-bond acceptors (Lipinski definition) is 6. The highest BCUT2D eigenvalue weighted by atomic mass is 16.5. The molecule has 7 nitrogen and oxygen atoms in total. The largest absolute Gasteiger partial charge is 0.497 e. The first-order valence-corrected chi connectivity index (χ1v) is 12.7. The Kier molecular flexibility index (Phi) is 7.35. The molecule has 0 unspecified atom stereocenters. The summed E-state index contributed by atoms with van der Waals surface area (Å²) in [7, 11) is 1.69. The van der Waals surface area contributed by atoms with Gasteiger partial charge in [-0.2, -0.15) is 0 Å². The Balaban J connectivity index is 1.21. The maximum absolute atomic E-state index is 11.4. The van der Waals surface area contributed by atoms with Gasteiger partial charge in [0, 0.05) is 48.4 Å². The van der Waals surface area contributed by atoms with Crippen molar-refractivity contribution >= 4 is 11.7 Å². The molecule has 0 spiro atoms. The number of carboxylic acid groups (broad SMARTS) is 1. The van der Waals surface area contributed by atoms with E-state index in [0.717, 1.165) is 72.6 Å². The fraction of sp³-hybridized carbons (Fsp3) is 0.414. The number of piperidine rings is 1. The predicted octanol–water partition coefficient (Wildman–Crippen LogP) is 5.42. The third-order valence-corrected chi connectivity index (χ3v) is 7.39. The molecule has 7 heteroatoms. The summed E-state index contributed by atoms with van der Waals surface area (Å²) in [5.41, 5.74) is 4.32. The molecule has 0 radical (unpaired) electrons. The SMILES string of the molecule is COc1ccc(-c2cncnc2)c(N2CCC(COc3cccc([C@@H](CC(=O)O)C4CC4)c3)CC2)c1. The van der Waals surface area contributed by atoms with Gasteiger partial charge in [-0.1, -0.05) is 12.1 Å². The summed E-state index contributed by atoms with van der Waals surface area (Å²) >= 11 is 0. The predicted molar refractivity (Wildman–Crippen MR) is 139 cm³/mol. The average Bonchev–Trinajstić information content (AvgIpc) is 3.76. The molecule has 188 valence electrons. The summed E-state index contributed by atoms with van der Waals surface area (Å²) in [6.45, 7) is 2.54. The molecule has 1 aliphatic heterocycles. The number of benzene rings is 2. The van der Waals surface area contributed by atoms with E-state index in [0.29, 0.717) is 18.4 Å². The fourth-order valence-electron chi connectivity index (χ4n) is 5.22. The van der Waals surface area contributed by atoms with Gasteiger partial charge in [0.25, 0.3) is 0 Å². The van der Waals surface area contributed by atoms with Crippen LogP contribution in [0.3, 0.4) is 0 Å². The van der Waals surface area contributed by atoms with Crippen LogP contribution in [0.4, 0.5) is 5.69 Å². The van der Waals surface area contributed by atoms with Crippen molar-refractivity contribution in [2.75, 3.05) is 31.7 Å². The third kappa shape index (κ3) is 5.78. The number of methoxy groups -OCH3 is 1. The van der Waals surface area contributed by atoms with E-state index in [1.165, 1.54) is 0 Å². The van der Waals surface area contributed by atoms with Crippen molar-refractivity contribution in [2.45, 2.75) is 38.0 Å². The summed E-state index contributed by atoms with van der Waals surface area (Å²) < 4.78 is 11.7. The van der Waals surface area contributed by atoms with Crippen molar-refractivity contribution in [2.24, 2.45) is 11.8 Å². The van der Waals surface area contributed by atoms with Crippen LogP contribution in [0.5, 0.6) is 11.5 Å². The highest BCUT2D eigenvalue weighted by Crippen LogP contribution is 2.45. The van der Waals surface area contributed by atoms with Gasteiger partial charge in [0.15, 0.2) is 0 Å². The number of ether oxygens (including phenoxy) is 2. The monoisotopic (exact) mass is 487 g/mol. The van der Waals surface area contributed by atoms with E-state index in [4.69, 9.17) is 9.47 Å². The topological polar surface area (TPSA) is 84.8 Å². The zero-order valence-electron chi connectivity index (χ0n) is 20.7. The minimum atomic E-state index is -0.732. The van der Waals surface area contributed by atoms with Crippen molar-refractivity contribution in [1.82, 2.24) is 9.97 Å². The molecule has 2 fully saturated rings. The Morgan fingerprint density at radius 2 is 1.83 bits per heavy atom. The number of aliphatic carboxylic acids is 1. The van der Waals surface area contributed by atoms with Crippen LogP contribution in [0, 0.1) is 11.8 Å². The molecule has 2 aliphatic rings. The lowest BCUT2D eigenvalue weighted by Gasteiger charge is -2.35. The number of rotatable bonds is 10. The van der Waals surface area contributed by atoms with Crippen LogP contribution in [-0.4, -0.2) is 47.8 Å². The summed E-state index contributed by atoms with van der Waals surface area (Å²) in [6, 6.07) is 14.2. The van der Waals surface area contributed by atoms with Crippen LogP contribution in [0.15, 0.2) is 61.2 Å². The van der Waals surface area contributed by atoms with E-state index in [1.807, 2.05) is 42.7 Å². The van der Waals surface area contributed by atoms with E-state index in [9.17, 15) is 9.90 Å². The van der Waals surface area contributed by atoms with E-state index < -0.39 is 5.97 Å². The van der Waals surface area contributed by atoms with Gasteiger partial charge in [0.1, 0.15) is 17.8 Å². The molecule has 2 heterocycles. The lowest BCUT2D eigenvalue weighted by molar-refractivity contribution is -0.137. The van der Waals surface area contributed by atoms with Crippen LogP contribution in [0.1, 0.15) is 43.6 Å². The molecule has 1 saturated carbocycles. The van der Waals surface area contributed by atoms with Crippen LogP contribution >= 0.6 is 0 Å². The summed E-state index contributed by atoms with van der Waals surface area (Å²) in [4.78, 5) is 22.1. The van der Waals surface area contributed by atoms with Crippen LogP contribution < -0.4 is 14.4 Å². The maximum atomic E-state index is 11.4. The van der Waals surface area contributed by atoms with Crippen molar-refractivity contribution in [3.05, 3.63) is 66.7 Å². The Bertz CT molecular complexity index is 1170. The van der Waals surface area contributed by atoms with Gasteiger partial charge in [-0.15, -0.1) is 0 Å². The first-order valence-electron chi connectivity index (χ1n) is 12.7. The molecule has 5 rings (SSSR count). The average molecular weight is 488 g/mol. The van der Waals surface area contributed by atoms with Crippen molar-refractivity contribution < 1.29 is 19.4 Å². The quantitative estimate of drug-likeness (QED) is 0.409. The molecule has 3 aromatic rings. The highest BCUT2D eigenvalue weighted by molar-refractivity contribution is 5.79. The van der Waals surface area contributed by atoms with E-state index in [2.05, 4.69) is 27.0 Å². The van der Waals surface area contributed by atoms with E-state index in [-0.39, 0.29) is 12.3 Å². The summed E-state index contributed by atoms with van der Waals surface area (Å²) in [6.07, 6.45) is 9.73. The minimum absolute atomic E-state index is 0.0846. The van der Waals surface area contributed by atoms with Gasteiger partial charge in [-0.3, -0.25) is 4.79 Å². The van der Waals surface area contributed by atoms with Gasteiger partial charge in [0.2, 0.25) is 0 Å². The zero-order valence-corrected chi connectivity index (χ0v) is 20.7. The van der Waals surface area contributed by atoms with Crippen LogP contribution in [0.2, 0.25) is 0 Å². The first-order chi connectivity index (χ1) is 17.6. The molecule has 1 saturated heterocycles. The molecule has 1 atom stereocenters. The smallest absolute Gasteiger partial charge is 0.303 e. The molecule has 1 aliphatic carbocycles. The van der Waals surface area contributed by atoms with Crippen LogP contribution in [-0.2, 0) is 4.79 Å². The second kappa shape index (κ2) is 11.0. The number of carboxylic acids is 1. The Morgan fingerprint density at radius 1 is 1.06 bits per heavy atom. The van der Waals surface area contributed by atoms with E-state index >= 15 is 0 Å². The standard InChI is InChI=1S/C29H33N3O4/c1-35-24-7-8-26(23-16-30-19-31-17-23)28(14-24)32-11-9-20(10-12-32)18-36-25-4-2-3-22(13-25)27(15-29(33)34)21-5-6-21/h2-4,7-8,13-14,16-17,19-21,27H,5-6,9-12,15,18H2,1H3,(H,33,34)/t27-/m0/s1. The lowest BCUT2D eigenvalue weighted by atomic mass is 9.91. The number of carbonyl (C=O) groups is 1. The highest BCUT2D eigenvalue weighted by Gasteiger charge is 2.34. The Morgan fingerprint density at radius 3 is 2.53 bits per heavy atom. The normalized spacial score (nSPS) is 17.0. The summed E-state index contributed by atoms with van der Waals surface area (Å²) in [5, 5.41) is 9.33.